The Morgan fingerprint density at radius 3 is 2.64 bits per heavy atom. The topological polar surface area (TPSA) is 32.8 Å². The van der Waals surface area contributed by atoms with E-state index in [-0.39, 0.29) is 0 Å². The van der Waals surface area contributed by atoms with Gasteiger partial charge in [0, 0.05) is 49.7 Å². The van der Waals surface area contributed by atoms with E-state index in [9.17, 15) is 4.79 Å². The smallest absolute Gasteiger partial charge is 0.222 e. The number of hydrogen-bond donors (Lipinski definition) is 0. The first kappa shape index (κ1) is 17.1. The van der Waals surface area contributed by atoms with E-state index in [0.717, 1.165) is 61.9 Å². The number of piperazine rings is 1. The summed E-state index contributed by atoms with van der Waals surface area (Å²) in [5.74, 6) is 1.16. The molecule has 1 aromatic carbocycles. The number of methoxy groups -OCH3 is 1. The van der Waals surface area contributed by atoms with Gasteiger partial charge < -0.3 is 9.64 Å². The maximum atomic E-state index is 12.0. The van der Waals surface area contributed by atoms with Crippen molar-refractivity contribution in [3.8, 4) is 5.75 Å². The van der Waals surface area contributed by atoms with Crippen molar-refractivity contribution in [3.63, 3.8) is 0 Å². The third kappa shape index (κ3) is 4.62. The van der Waals surface area contributed by atoms with Crippen molar-refractivity contribution in [2.24, 2.45) is 0 Å². The van der Waals surface area contributed by atoms with Gasteiger partial charge in [0.25, 0.3) is 0 Å². The van der Waals surface area contributed by atoms with E-state index in [0.29, 0.717) is 12.3 Å². The van der Waals surface area contributed by atoms with Crippen LogP contribution < -0.4 is 4.74 Å². The maximum Gasteiger partial charge on any atom is 0.222 e. The molecular weight excluding hydrogens is 300 g/mol. The van der Waals surface area contributed by atoms with E-state index in [2.05, 4.69) is 11.8 Å². The predicted octanol–water partition coefficient (Wildman–Crippen LogP) is 3.18. The third-order valence-corrected chi connectivity index (χ3v) is 4.34. The highest BCUT2D eigenvalue weighted by Gasteiger charge is 2.21. The van der Waals surface area contributed by atoms with Crippen LogP contribution >= 0.6 is 11.6 Å². The summed E-state index contributed by atoms with van der Waals surface area (Å²) >= 11 is 6.08. The van der Waals surface area contributed by atoms with Crippen LogP contribution in [0.15, 0.2) is 18.2 Å². The molecule has 2 rings (SSSR count). The molecule has 0 spiro atoms. The number of carbonyl (C=O) groups excluding carboxylic acids is 1. The number of hydrogen-bond acceptors (Lipinski definition) is 3. The molecule has 1 aliphatic heterocycles. The summed E-state index contributed by atoms with van der Waals surface area (Å²) in [6.45, 7) is 6.34. The molecule has 1 aromatic rings. The molecule has 0 aliphatic carbocycles. The molecule has 1 heterocycles. The van der Waals surface area contributed by atoms with Crippen molar-refractivity contribution in [2.45, 2.75) is 32.7 Å². The lowest BCUT2D eigenvalue weighted by Gasteiger charge is -2.35. The standard InChI is InChI=1S/C17H25ClN2O2/c1-3-4-5-17(21)20-10-8-19(9-11-20)13-14-12-15(18)6-7-16(14)22-2/h6-7,12H,3-5,8-11,13H2,1-2H3. The zero-order chi connectivity index (χ0) is 15.9. The Balaban J connectivity index is 1.87. The van der Waals surface area contributed by atoms with E-state index in [1.54, 1.807) is 7.11 Å². The second-order valence-electron chi connectivity index (χ2n) is 5.72. The van der Waals surface area contributed by atoms with Crippen LogP contribution in [0.5, 0.6) is 5.75 Å². The van der Waals surface area contributed by atoms with Crippen LogP contribution in [0, 0.1) is 0 Å². The normalized spacial score (nSPS) is 15.9. The van der Waals surface area contributed by atoms with Gasteiger partial charge in [-0.2, -0.15) is 0 Å². The van der Waals surface area contributed by atoms with Gasteiger partial charge in [0.15, 0.2) is 0 Å². The number of nitrogens with zero attached hydrogens (tertiary/aromatic N) is 2. The van der Waals surface area contributed by atoms with Crippen molar-refractivity contribution < 1.29 is 9.53 Å². The molecular formula is C17H25ClN2O2. The lowest BCUT2D eigenvalue weighted by Crippen LogP contribution is -2.48. The highest BCUT2D eigenvalue weighted by Crippen LogP contribution is 2.24. The molecule has 122 valence electrons. The van der Waals surface area contributed by atoms with Crippen molar-refractivity contribution in [1.82, 2.24) is 9.80 Å². The minimum absolute atomic E-state index is 0.293. The highest BCUT2D eigenvalue weighted by molar-refractivity contribution is 6.30. The van der Waals surface area contributed by atoms with Crippen LogP contribution in [-0.4, -0.2) is 49.0 Å². The fourth-order valence-corrected chi connectivity index (χ4v) is 2.95. The second kappa shape index (κ2) is 8.39. The molecule has 4 nitrogen and oxygen atoms in total. The highest BCUT2D eigenvalue weighted by atomic mass is 35.5. The molecule has 1 amide bonds. The van der Waals surface area contributed by atoms with Gasteiger partial charge >= 0.3 is 0 Å². The number of unbranched alkanes of at least 4 members (excludes halogenated alkanes) is 1. The quantitative estimate of drug-likeness (QED) is 0.805. The number of carbonyl (C=O) groups is 1. The molecule has 0 bridgehead atoms. The molecule has 0 saturated carbocycles. The van der Waals surface area contributed by atoms with Gasteiger partial charge in [0.2, 0.25) is 5.91 Å². The molecule has 1 saturated heterocycles. The Labute approximate surface area is 138 Å². The van der Waals surface area contributed by atoms with Gasteiger partial charge in [0.05, 0.1) is 7.11 Å². The molecule has 1 fully saturated rings. The zero-order valence-corrected chi connectivity index (χ0v) is 14.2. The summed E-state index contributed by atoms with van der Waals surface area (Å²) in [7, 11) is 1.68. The van der Waals surface area contributed by atoms with E-state index >= 15 is 0 Å². The van der Waals surface area contributed by atoms with E-state index in [1.807, 2.05) is 23.1 Å². The van der Waals surface area contributed by atoms with Crippen molar-refractivity contribution in [1.29, 1.82) is 0 Å². The number of benzene rings is 1. The molecule has 0 aromatic heterocycles. The van der Waals surface area contributed by atoms with Crippen molar-refractivity contribution in [3.05, 3.63) is 28.8 Å². The van der Waals surface area contributed by atoms with E-state index in [4.69, 9.17) is 16.3 Å². The first-order valence-electron chi connectivity index (χ1n) is 7.96. The monoisotopic (exact) mass is 324 g/mol. The summed E-state index contributed by atoms with van der Waals surface area (Å²) in [4.78, 5) is 16.4. The summed E-state index contributed by atoms with van der Waals surface area (Å²) in [6.07, 6.45) is 2.73. The van der Waals surface area contributed by atoms with Crippen LogP contribution in [0.3, 0.4) is 0 Å². The number of rotatable bonds is 6. The predicted molar refractivity (Wildman–Crippen MR) is 89.4 cm³/mol. The summed E-state index contributed by atoms with van der Waals surface area (Å²) in [6, 6.07) is 5.70. The lowest BCUT2D eigenvalue weighted by molar-refractivity contribution is -0.133. The number of amides is 1. The molecule has 0 radical (unpaired) electrons. The molecule has 0 N–H and O–H groups in total. The zero-order valence-electron chi connectivity index (χ0n) is 13.5. The first-order chi connectivity index (χ1) is 10.6. The fourth-order valence-electron chi connectivity index (χ4n) is 2.75. The number of halogens is 1. The van der Waals surface area contributed by atoms with Crippen LogP contribution in [0.1, 0.15) is 31.7 Å². The maximum absolute atomic E-state index is 12.0. The Hall–Kier alpha value is -1.26. The lowest BCUT2D eigenvalue weighted by atomic mass is 10.1. The van der Waals surface area contributed by atoms with Crippen LogP contribution in [0.4, 0.5) is 0 Å². The van der Waals surface area contributed by atoms with E-state index in [1.165, 1.54) is 0 Å². The molecule has 1 aliphatic rings. The largest absolute Gasteiger partial charge is 0.496 e. The molecule has 0 atom stereocenters. The SMILES string of the molecule is CCCCC(=O)N1CCN(Cc2cc(Cl)ccc2OC)CC1. The molecule has 22 heavy (non-hydrogen) atoms. The van der Waals surface area contributed by atoms with Crippen molar-refractivity contribution in [2.75, 3.05) is 33.3 Å². The first-order valence-corrected chi connectivity index (χ1v) is 8.34. The van der Waals surface area contributed by atoms with Gasteiger partial charge in [0.1, 0.15) is 5.75 Å². The van der Waals surface area contributed by atoms with Gasteiger partial charge in [-0.3, -0.25) is 9.69 Å². The Kier molecular flexibility index (Phi) is 6.52. The fraction of sp³-hybridized carbons (Fsp3) is 0.588. The van der Waals surface area contributed by atoms with Crippen LogP contribution in [0.2, 0.25) is 5.02 Å². The van der Waals surface area contributed by atoms with Gasteiger partial charge in [-0.25, -0.2) is 0 Å². The average Bonchev–Trinajstić information content (AvgIpc) is 2.53. The summed E-state index contributed by atoms with van der Waals surface area (Å²) in [5, 5.41) is 0.726. The van der Waals surface area contributed by atoms with Crippen LogP contribution in [0.25, 0.3) is 0 Å². The number of ether oxygens (including phenoxy) is 1. The second-order valence-corrected chi connectivity index (χ2v) is 6.15. The minimum atomic E-state index is 0.293. The average molecular weight is 325 g/mol. The van der Waals surface area contributed by atoms with Gasteiger partial charge in [-0.05, 0) is 24.6 Å². The Morgan fingerprint density at radius 2 is 2.00 bits per heavy atom. The summed E-state index contributed by atoms with van der Waals surface area (Å²) < 4.78 is 5.40. The minimum Gasteiger partial charge on any atom is -0.496 e. The summed E-state index contributed by atoms with van der Waals surface area (Å²) in [5.41, 5.74) is 1.10. The Bertz CT molecular complexity index is 499. The van der Waals surface area contributed by atoms with Gasteiger partial charge in [-0.15, -0.1) is 0 Å². The van der Waals surface area contributed by atoms with E-state index < -0.39 is 0 Å². The van der Waals surface area contributed by atoms with Crippen molar-refractivity contribution >= 4 is 17.5 Å². The third-order valence-electron chi connectivity index (χ3n) is 4.11. The Morgan fingerprint density at radius 1 is 1.27 bits per heavy atom. The molecule has 0 unspecified atom stereocenters. The molecule has 5 heteroatoms. The van der Waals surface area contributed by atoms with Gasteiger partial charge in [-0.1, -0.05) is 24.9 Å². The van der Waals surface area contributed by atoms with Crippen LogP contribution in [-0.2, 0) is 11.3 Å².